The molecule has 3 aliphatic heterocycles. The zero-order valence-electron chi connectivity index (χ0n) is 19.5. The van der Waals surface area contributed by atoms with Gasteiger partial charge < -0.3 is 29.9 Å². The summed E-state index contributed by atoms with van der Waals surface area (Å²) in [5, 5.41) is 6.84. The standard InChI is InChI=1S/C26H30N6O2/c1-4-6-23(31-11-9-27-10-12-31)21(5-2)29-18(3)22-7-8-28-26(30-22)32-15-19-13-24-25(34-17-33-24)14-20(19)16-32/h4-8,13-14,27,29H,2-3,9-12,15-17H2,1H3/b6-4-,23-21-. The maximum Gasteiger partial charge on any atom is 0.231 e. The van der Waals surface area contributed by atoms with Crippen molar-refractivity contribution in [3.8, 4) is 11.5 Å². The minimum atomic E-state index is 0.285. The summed E-state index contributed by atoms with van der Waals surface area (Å²) in [7, 11) is 0. The number of ether oxygens (including phenoxy) is 2. The number of allylic oxidation sites excluding steroid dienone is 3. The van der Waals surface area contributed by atoms with Crippen molar-refractivity contribution in [2.24, 2.45) is 0 Å². The molecule has 1 fully saturated rings. The van der Waals surface area contributed by atoms with Crippen molar-refractivity contribution in [1.82, 2.24) is 25.5 Å². The van der Waals surface area contributed by atoms with Crippen molar-refractivity contribution in [3.05, 3.63) is 84.0 Å². The van der Waals surface area contributed by atoms with Crippen molar-refractivity contribution in [2.75, 3.05) is 37.9 Å². The predicted molar refractivity (Wildman–Crippen MR) is 133 cm³/mol. The molecule has 176 valence electrons. The van der Waals surface area contributed by atoms with Crippen LogP contribution in [0.3, 0.4) is 0 Å². The Morgan fingerprint density at radius 2 is 1.85 bits per heavy atom. The molecule has 1 aromatic carbocycles. The van der Waals surface area contributed by atoms with Crippen molar-refractivity contribution in [2.45, 2.75) is 20.0 Å². The zero-order chi connectivity index (χ0) is 23.5. The van der Waals surface area contributed by atoms with Crippen LogP contribution in [0.2, 0.25) is 0 Å². The van der Waals surface area contributed by atoms with Gasteiger partial charge in [0.05, 0.1) is 22.8 Å². The Bertz CT molecular complexity index is 1130. The van der Waals surface area contributed by atoms with Gasteiger partial charge in [-0.2, -0.15) is 0 Å². The topological polar surface area (TPSA) is 74.8 Å². The molecule has 34 heavy (non-hydrogen) atoms. The normalized spacial score (nSPS) is 17.6. The molecule has 1 aromatic heterocycles. The molecule has 0 saturated carbocycles. The Hall–Kier alpha value is -3.78. The molecule has 0 spiro atoms. The average molecular weight is 459 g/mol. The maximum atomic E-state index is 5.53. The van der Waals surface area contributed by atoms with Crippen molar-refractivity contribution in [1.29, 1.82) is 0 Å². The number of anilines is 1. The molecule has 1 saturated heterocycles. The number of benzene rings is 1. The van der Waals surface area contributed by atoms with Gasteiger partial charge in [-0.1, -0.05) is 19.2 Å². The second-order valence-corrected chi connectivity index (χ2v) is 8.42. The molecule has 0 amide bonds. The summed E-state index contributed by atoms with van der Waals surface area (Å²) in [5.41, 5.74) is 5.87. The van der Waals surface area contributed by atoms with E-state index in [2.05, 4.69) is 56.8 Å². The molecule has 8 heteroatoms. The van der Waals surface area contributed by atoms with Gasteiger partial charge in [0.25, 0.3) is 0 Å². The molecule has 0 radical (unpaired) electrons. The van der Waals surface area contributed by atoms with E-state index in [1.54, 1.807) is 6.20 Å². The highest BCUT2D eigenvalue weighted by Crippen LogP contribution is 2.38. The lowest BCUT2D eigenvalue weighted by Crippen LogP contribution is -2.43. The minimum Gasteiger partial charge on any atom is -0.454 e. The zero-order valence-corrected chi connectivity index (χ0v) is 19.5. The van der Waals surface area contributed by atoms with Crippen LogP contribution in [0, 0.1) is 0 Å². The monoisotopic (exact) mass is 458 g/mol. The predicted octanol–water partition coefficient (Wildman–Crippen LogP) is 3.16. The highest BCUT2D eigenvalue weighted by Gasteiger charge is 2.26. The van der Waals surface area contributed by atoms with E-state index in [-0.39, 0.29) is 6.79 Å². The summed E-state index contributed by atoms with van der Waals surface area (Å²) in [6.07, 6.45) is 7.77. The summed E-state index contributed by atoms with van der Waals surface area (Å²) in [6, 6.07) is 5.99. The molecule has 8 nitrogen and oxygen atoms in total. The first-order valence-electron chi connectivity index (χ1n) is 11.6. The lowest BCUT2D eigenvalue weighted by molar-refractivity contribution is 0.174. The molecular weight excluding hydrogens is 428 g/mol. The number of piperazine rings is 1. The second kappa shape index (κ2) is 9.61. The molecular formula is C26H30N6O2. The molecule has 0 aliphatic carbocycles. The van der Waals surface area contributed by atoms with Crippen LogP contribution in [-0.2, 0) is 13.1 Å². The molecule has 5 rings (SSSR count). The van der Waals surface area contributed by atoms with Gasteiger partial charge in [-0.25, -0.2) is 9.97 Å². The fourth-order valence-corrected chi connectivity index (χ4v) is 4.47. The average Bonchev–Trinajstić information content (AvgIpc) is 3.51. The molecule has 2 aromatic rings. The van der Waals surface area contributed by atoms with Crippen molar-refractivity contribution < 1.29 is 9.47 Å². The van der Waals surface area contributed by atoms with E-state index in [4.69, 9.17) is 14.5 Å². The number of nitrogens with zero attached hydrogens (tertiary/aromatic N) is 4. The van der Waals surface area contributed by atoms with E-state index in [1.165, 1.54) is 11.1 Å². The Balaban J connectivity index is 1.34. The third-order valence-electron chi connectivity index (χ3n) is 6.20. The number of rotatable bonds is 7. The lowest BCUT2D eigenvalue weighted by Gasteiger charge is -2.32. The first kappa shape index (κ1) is 22.0. The van der Waals surface area contributed by atoms with Gasteiger partial charge in [0.1, 0.15) is 0 Å². The highest BCUT2D eigenvalue weighted by molar-refractivity contribution is 5.62. The Kier molecular flexibility index (Phi) is 6.22. The number of hydrogen-bond donors (Lipinski definition) is 2. The van der Waals surface area contributed by atoms with Crippen LogP contribution in [0.5, 0.6) is 11.5 Å². The largest absolute Gasteiger partial charge is 0.454 e. The van der Waals surface area contributed by atoms with Crippen LogP contribution in [0.1, 0.15) is 23.7 Å². The minimum absolute atomic E-state index is 0.285. The maximum absolute atomic E-state index is 5.53. The van der Waals surface area contributed by atoms with Gasteiger partial charge in [0.15, 0.2) is 11.5 Å². The Morgan fingerprint density at radius 3 is 2.50 bits per heavy atom. The van der Waals surface area contributed by atoms with E-state index in [1.807, 2.05) is 25.1 Å². The van der Waals surface area contributed by atoms with E-state index in [0.29, 0.717) is 11.6 Å². The first-order valence-corrected chi connectivity index (χ1v) is 11.6. The van der Waals surface area contributed by atoms with Crippen LogP contribution in [0.4, 0.5) is 5.95 Å². The van der Waals surface area contributed by atoms with Crippen LogP contribution in [-0.4, -0.2) is 47.8 Å². The molecule has 0 atom stereocenters. The van der Waals surface area contributed by atoms with E-state index in [9.17, 15) is 0 Å². The summed E-state index contributed by atoms with van der Waals surface area (Å²) >= 11 is 0. The van der Waals surface area contributed by atoms with Gasteiger partial charge in [-0.15, -0.1) is 0 Å². The lowest BCUT2D eigenvalue weighted by atomic mass is 10.1. The van der Waals surface area contributed by atoms with Crippen LogP contribution >= 0.6 is 0 Å². The smallest absolute Gasteiger partial charge is 0.231 e. The third-order valence-corrected chi connectivity index (χ3v) is 6.20. The molecule has 4 heterocycles. The van der Waals surface area contributed by atoms with E-state index in [0.717, 1.165) is 67.9 Å². The Labute approximate surface area is 200 Å². The summed E-state index contributed by atoms with van der Waals surface area (Å²) in [6.45, 7) is 15.9. The van der Waals surface area contributed by atoms with Gasteiger partial charge in [-0.05, 0) is 48.4 Å². The van der Waals surface area contributed by atoms with Gasteiger partial charge in [-0.3, -0.25) is 0 Å². The number of hydrogen-bond acceptors (Lipinski definition) is 8. The van der Waals surface area contributed by atoms with E-state index >= 15 is 0 Å². The highest BCUT2D eigenvalue weighted by atomic mass is 16.7. The number of fused-ring (bicyclic) bond motifs is 2. The van der Waals surface area contributed by atoms with Gasteiger partial charge in [0.2, 0.25) is 12.7 Å². The molecule has 2 N–H and O–H groups in total. The Morgan fingerprint density at radius 1 is 1.15 bits per heavy atom. The second-order valence-electron chi connectivity index (χ2n) is 8.42. The molecule has 0 bridgehead atoms. The summed E-state index contributed by atoms with van der Waals surface area (Å²) in [4.78, 5) is 13.8. The first-order chi connectivity index (χ1) is 16.7. The number of aromatic nitrogens is 2. The quantitative estimate of drug-likeness (QED) is 0.613. The van der Waals surface area contributed by atoms with Crippen LogP contribution in [0.25, 0.3) is 5.70 Å². The van der Waals surface area contributed by atoms with Crippen molar-refractivity contribution in [3.63, 3.8) is 0 Å². The van der Waals surface area contributed by atoms with Crippen molar-refractivity contribution >= 4 is 11.6 Å². The molecule has 0 unspecified atom stereocenters. The fourth-order valence-electron chi connectivity index (χ4n) is 4.47. The van der Waals surface area contributed by atoms with Gasteiger partial charge in [0, 0.05) is 45.5 Å². The van der Waals surface area contributed by atoms with E-state index < -0.39 is 0 Å². The fraction of sp³-hybridized carbons (Fsp3) is 0.308. The summed E-state index contributed by atoms with van der Waals surface area (Å²) in [5.74, 6) is 2.27. The SMILES string of the molecule is C=C/C(NC(=C)c1ccnc(N2Cc3cc4c(cc3C2)OCO4)n1)=C(\C=C/C)N1CCNCC1. The third kappa shape index (κ3) is 4.36. The molecule has 3 aliphatic rings. The van der Waals surface area contributed by atoms with Gasteiger partial charge >= 0.3 is 0 Å². The van der Waals surface area contributed by atoms with Crippen LogP contribution < -0.4 is 25.0 Å². The summed E-state index contributed by atoms with van der Waals surface area (Å²) < 4.78 is 11.1. The number of nitrogens with one attached hydrogen (secondary N) is 2. The van der Waals surface area contributed by atoms with Crippen LogP contribution in [0.15, 0.2) is 67.2 Å².